The molecule has 2 nitrogen and oxygen atoms in total. The Labute approximate surface area is 107 Å². The third-order valence-electron chi connectivity index (χ3n) is 4.52. The molecule has 0 N–H and O–H groups in total. The minimum absolute atomic E-state index is 0.0906. The van der Waals surface area contributed by atoms with Crippen molar-refractivity contribution in [1.29, 1.82) is 0 Å². The van der Waals surface area contributed by atoms with Gasteiger partial charge in [-0.15, -0.1) is 0 Å². The van der Waals surface area contributed by atoms with Gasteiger partial charge < -0.3 is 0 Å². The van der Waals surface area contributed by atoms with E-state index in [1.54, 1.807) is 0 Å². The van der Waals surface area contributed by atoms with Gasteiger partial charge in [0, 0.05) is 11.8 Å². The van der Waals surface area contributed by atoms with Gasteiger partial charge in [0.2, 0.25) is 0 Å². The summed E-state index contributed by atoms with van der Waals surface area (Å²) in [6, 6.07) is 8.17. The number of hydrogen-bond acceptors (Lipinski definition) is 2. The highest BCUT2D eigenvalue weighted by Crippen LogP contribution is 2.54. The van der Waals surface area contributed by atoms with Crippen molar-refractivity contribution in [2.24, 2.45) is 17.8 Å². The molecule has 0 amide bonds. The molecule has 0 spiro atoms. The first-order valence-electron chi connectivity index (χ1n) is 6.42. The zero-order valence-electron chi connectivity index (χ0n) is 10.6. The Hall–Kier alpha value is -1.70. The van der Waals surface area contributed by atoms with Gasteiger partial charge in [-0.05, 0) is 42.0 Å². The van der Waals surface area contributed by atoms with Crippen LogP contribution >= 0.6 is 0 Å². The fourth-order valence-corrected chi connectivity index (χ4v) is 3.57. The van der Waals surface area contributed by atoms with Crippen LogP contribution in [0.5, 0.6) is 0 Å². The van der Waals surface area contributed by atoms with E-state index in [1.807, 2.05) is 12.1 Å². The maximum absolute atomic E-state index is 12.0. The molecule has 2 heteroatoms. The van der Waals surface area contributed by atoms with Crippen LogP contribution in [0.2, 0.25) is 0 Å². The van der Waals surface area contributed by atoms with E-state index in [0.717, 1.165) is 0 Å². The summed E-state index contributed by atoms with van der Waals surface area (Å²) in [6.45, 7) is 4.16. The number of ketones is 2. The predicted octanol–water partition coefficient (Wildman–Crippen LogP) is 2.67. The van der Waals surface area contributed by atoms with Gasteiger partial charge in [0.1, 0.15) is 0 Å². The van der Waals surface area contributed by atoms with Gasteiger partial charge in [-0.1, -0.05) is 31.2 Å². The van der Waals surface area contributed by atoms with Crippen LogP contribution in [-0.2, 0) is 9.59 Å². The number of rotatable bonds is 1. The van der Waals surface area contributed by atoms with Crippen LogP contribution in [0.25, 0.3) is 0 Å². The zero-order valence-corrected chi connectivity index (χ0v) is 10.6. The second-order valence-electron chi connectivity index (χ2n) is 5.43. The highest BCUT2D eigenvalue weighted by atomic mass is 16.1. The lowest BCUT2D eigenvalue weighted by Crippen LogP contribution is -2.52. The molecule has 0 aliphatic heterocycles. The van der Waals surface area contributed by atoms with E-state index in [2.05, 4.69) is 26.0 Å². The van der Waals surface area contributed by atoms with Crippen LogP contribution < -0.4 is 0 Å². The third-order valence-corrected chi connectivity index (χ3v) is 4.52. The Morgan fingerprint density at radius 1 is 0.889 bits per heavy atom. The summed E-state index contributed by atoms with van der Waals surface area (Å²) in [7, 11) is 0. The summed E-state index contributed by atoms with van der Waals surface area (Å²) in [5.74, 6) is 0.490. The topological polar surface area (TPSA) is 34.1 Å². The molecule has 3 rings (SSSR count). The molecule has 0 aromatic heterocycles. The predicted molar refractivity (Wildman–Crippen MR) is 69.2 cm³/mol. The Morgan fingerprint density at radius 2 is 1.50 bits per heavy atom. The zero-order chi connectivity index (χ0) is 12.9. The van der Waals surface area contributed by atoms with Crippen molar-refractivity contribution < 1.29 is 9.59 Å². The molecular formula is C16H16O2. The summed E-state index contributed by atoms with van der Waals surface area (Å²) in [6.07, 6.45) is 2.91. The van der Waals surface area contributed by atoms with Gasteiger partial charge in [-0.25, -0.2) is 0 Å². The Balaban J connectivity index is 2.01. The van der Waals surface area contributed by atoms with Crippen molar-refractivity contribution in [2.45, 2.75) is 19.8 Å². The van der Waals surface area contributed by atoms with E-state index < -0.39 is 0 Å². The first-order chi connectivity index (χ1) is 8.61. The van der Waals surface area contributed by atoms with Crippen molar-refractivity contribution in [1.82, 2.24) is 0 Å². The van der Waals surface area contributed by atoms with Gasteiger partial charge in [-0.3, -0.25) is 9.59 Å². The third kappa shape index (κ3) is 1.41. The number of hydrogen-bond donors (Lipinski definition) is 0. The van der Waals surface area contributed by atoms with Crippen molar-refractivity contribution in [3.8, 4) is 0 Å². The molecule has 2 aliphatic carbocycles. The summed E-state index contributed by atoms with van der Waals surface area (Å²) >= 11 is 0. The lowest BCUT2D eigenvalue weighted by molar-refractivity contribution is -0.141. The molecule has 0 radical (unpaired) electrons. The highest BCUT2D eigenvalue weighted by molar-refractivity contribution is 6.09. The highest BCUT2D eigenvalue weighted by Gasteiger charge is 2.55. The molecule has 1 saturated carbocycles. The van der Waals surface area contributed by atoms with E-state index in [-0.39, 0.29) is 35.2 Å². The van der Waals surface area contributed by atoms with Crippen molar-refractivity contribution in [3.63, 3.8) is 0 Å². The average molecular weight is 240 g/mol. The van der Waals surface area contributed by atoms with Crippen LogP contribution in [-0.4, -0.2) is 11.6 Å². The molecular weight excluding hydrogens is 224 g/mol. The van der Waals surface area contributed by atoms with Crippen molar-refractivity contribution in [2.75, 3.05) is 0 Å². The van der Waals surface area contributed by atoms with E-state index >= 15 is 0 Å². The van der Waals surface area contributed by atoms with Crippen LogP contribution in [0.3, 0.4) is 0 Å². The van der Waals surface area contributed by atoms with Gasteiger partial charge in [0.15, 0.2) is 11.6 Å². The molecule has 92 valence electrons. The number of carbonyl (C=O) groups is 2. The van der Waals surface area contributed by atoms with Crippen LogP contribution in [0.15, 0.2) is 36.4 Å². The fourth-order valence-electron chi connectivity index (χ4n) is 3.57. The van der Waals surface area contributed by atoms with E-state index in [9.17, 15) is 9.59 Å². The molecule has 1 fully saturated rings. The molecule has 4 atom stereocenters. The number of allylic oxidation sites excluding steroid dienone is 2. The van der Waals surface area contributed by atoms with Crippen LogP contribution in [0, 0.1) is 24.7 Å². The second kappa shape index (κ2) is 3.91. The van der Waals surface area contributed by atoms with Gasteiger partial charge in [0.25, 0.3) is 0 Å². The largest absolute Gasteiger partial charge is 0.295 e. The van der Waals surface area contributed by atoms with Crippen LogP contribution in [0.4, 0.5) is 0 Å². The lowest BCUT2D eigenvalue weighted by Gasteiger charge is -2.50. The minimum Gasteiger partial charge on any atom is -0.295 e. The molecule has 0 unspecified atom stereocenters. The lowest BCUT2D eigenvalue weighted by atomic mass is 9.51. The summed E-state index contributed by atoms with van der Waals surface area (Å²) in [5.41, 5.74) is 2.44. The Kier molecular flexibility index (Phi) is 2.47. The summed E-state index contributed by atoms with van der Waals surface area (Å²) in [5, 5.41) is 0. The molecule has 1 aromatic carbocycles. The van der Waals surface area contributed by atoms with Crippen molar-refractivity contribution in [3.05, 3.63) is 47.5 Å². The molecule has 1 aromatic rings. The smallest absolute Gasteiger partial charge is 0.160 e. The van der Waals surface area contributed by atoms with E-state index in [1.165, 1.54) is 23.3 Å². The summed E-state index contributed by atoms with van der Waals surface area (Å²) in [4.78, 5) is 23.8. The maximum atomic E-state index is 12.0. The molecule has 0 heterocycles. The van der Waals surface area contributed by atoms with E-state index in [4.69, 9.17) is 0 Å². The molecule has 0 saturated heterocycles. The minimum atomic E-state index is -0.126. The average Bonchev–Trinajstić information content (AvgIpc) is 2.34. The van der Waals surface area contributed by atoms with Gasteiger partial charge >= 0.3 is 0 Å². The standard InChI is InChI=1S/C16H16O2/c1-9-5-3-4-6-11(9)14-10(2)15-12(17)7-8-13(18)16(14)15/h3-8,10,14-16H,1-2H3/t10-,14+,15+,16+/m1/s1. The molecule has 2 aliphatic rings. The van der Waals surface area contributed by atoms with Gasteiger partial charge in [-0.2, -0.15) is 0 Å². The SMILES string of the molecule is Cc1ccccc1[C@@H]1[C@@H](C)[C@H]2C(=O)C=CC(=O)[C@H]21. The molecule has 0 bridgehead atoms. The maximum Gasteiger partial charge on any atom is 0.160 e. The number of benzene rings is 1. The van der Waals surface area contributed by atoms with Crippen molar-refractivity contribution >= 4 is 11.6 Å². The normalized spacial score (nSPS) is 34.1. The van der Waals surface area contributed by atoms with Gasteiger partial charge in [0.05, 0.1) is 0 Å². The monoisotopic (exact) mass is 240 g/mol. The van der Waals surface area contributed by atoms with E-state index in [0.29, 0.717) is 0 Å². The second-order valence-corrected chi connectivity index (χ2v) is 5.43. The van der Waals surface area contributed by atoms with Crippen LogP contribution in [0.1, 0.15) is 24.0 Å². The summed E-state index contributed by atoms with van der Waals surface area (Å²) < 4.78 is 0. The fraction of sp³-hybridized carbons (Fsp3) is 0.375. The number of fused-ring (bicyclic) bond motifs is 1. The Morgan fingerprint density at radius 3 is 2.17 bits per heavy atom. The quantitative estimate of drug-likeness (QED) is 0.756. The molecule has 18 heavy (non-hydrogen) atoms. The number of carbonyl (C=O) groups excluding carboxylic acids is 2. The first-order valence-corrected chi connectivity index (χ1v) is 6.42. The first kappa shape index (κ1) is 11.4. The number of aryl methyl sites for hydroxylation is 1. The Bertz CT molecular complexity index is 556.